The van der Waals surface area contributed by atoms with Crippen LogP contribution in [0.25, 0.3) is 0 Å². The van der Waals surface area contributed by atoms with E-state index in [1.54, 1.807) is 24.8 Å². The molecule has 0 radical (unpaired) electrons. The largest absolute Gasteiger partial charge is 0.384 e. The fourth-order valence-corrected chi connectivity index (χ4v) is 4.28. The average molecular weight is 497 g/mol. The van der Waals surface area contributed by atoms with Gasteiger partial charge in [0, 0.05) is 81.6 Å². The zero-order chi connectivity index (χ0) is 23.8. The Labute approximate surface area is 207 Å². The monoisotopic (exact) mass is 496 g/mol. The van der Waals surface area contributed by atoms with Crippen LogP contribution in [0, 0.1) is 0 Å². The molecule has 0 aliphatic rings. The number of hydrazone groups is 1. The molecule has 0 aliphatic carbocycles. The maximum atomic E-state index is 4.36. The molecule has 0 bridgehead atoms. The molecule has 2 heterocycles. The Morgan fingerprint density at radius 1 is 0.912 bits per heavy atom. The highest BCUT2D eigenvalue weighted by molar-refractivity contribution is 8.76. The Bertz CT molecular complexity index is 1100. The second-order valence-corrected chi connectivity index (χ2v) is 9.55. The normalized spacial score (nSPS) is 12.1. The lowest BCUT2D eigenvalue weighted by atomic mass is 10.3. The summed E-state index contributed by atoms with van der Waals surface area (Å²) < 4.78 is 3.67. The third kappa shape index (κ3) is 9.24. The number of aromatic nitrogens is 4. The number of aliphatic imine (C=N–C) groups is 1. The minimum Gasteiger partial charge on any atom is -0.384 e. The summed E-state index contributed by atoms with van der Waals surface area (Å²) >= 11 is 0. The van der Waals surface area contributed by atoms with Gasteiger partial charge in [0.25, 0.3) is 0 Å². The Balaban J connectivity index is 1.19. The summed E-state index contributed by atoms with van der Waals surface area (Å²) in [7, 11) is 7.46. The van der Waals surface area contributed by atoms with E-state index in [0.29, 0.717) is 11.9 Å². The second-order valence-electron chi connectivity index (χ2n) is 6.85. The van der Waals surface area contributed by atoms with Gasteiger partial charge >= 0.3 is 0 Å². The van der Waals surface area contributed by atoms with E-state index in [-0.39, 0.29) is 0 Å². The topological polar surface area (TPSA) is 109 Å². The molecule has 2 aromatic heterocycles. The van der Waals surface area contributed by atoms with E-state index in [2.05, 4.69) is 41.0 Å². The number of hydrogen-bond acceptors (Lipinski definition) is 10. The predicted octanol–water partition coefficient (Wildman–Crippen LogP) is 5.09. The van der Waals surface area contributed by atoms with Gasteiger partial charge in [-0.3, -0.25) is 4.99 Å². The van der Waals surface area contributed by atoms with Crippen molar-refractivity contribution in [1.29, 1.82) is 0 Å². The summed E-state index contributed by atoms with van der Waals surface area (Å²) in [6, 6.07) is 7.89. The Kier molecular flexibility index (Phi) is 10.9. The van der Waals surface area contributed by atoms with Crippen LogP contribution in [-0.4, -0.2) is 56.1 Å². The lowest BCUT2D eigenvalue weighted by molar-refractivity contribution is 0.893. The number of azo groups is 1. The van der Waals surface area contributed by atoms with Crippen LogP contribution in [0.3, 0.4) is 0 Å². The molecular weight excluding hydrogens is 468 g/mol. The molecule has 178 valence electrons. The minimum atomic E-state index is 0.582. The fourth-order valence-electron chi connectivity index (χ4n) is 2.49. The quantitative estimate of drug-likeness (QED) is 0.106. The van der Waals surface area contributed by atoms with Crippen LogP contribution in [-0.2, 0) is 14.1 Å². The van der Waals surface area contributed by atoms with Gasteiger partial charge in [-0.25, -0.2) is 15.4 Å². The molecule has 34 heavy (non-hydrogen) atoms. The third-order valence-corrected chi connectivity index (χ3v) is 6.66. The van der Waals surface area contributed by atoms with Crippen molar-refractivity contribution >= 4 is 57.3 Å². The number of aryl methyl sites for hydroxylation is 2. The van der Waals surface area contributed by atoms with Gasteiger partial charge in [-0.2, -0.15) is 5.10 Å². The number of rotatable bonds is 14. The molecule has 0 saturated heterocycles. The maximum Gasteiger partial charge on any atom is 0.249 e. The summed E-state index contributed by atoms with van der Waals surface area (Å²) in [6.07, 6.45) is 14.2. The first kappa shape index (κ1) is 25.2. The van der Waals surface area contributed by atoms with Crippen molar-refractivity contribution in [2.24, 2.45) is 34.4 Å². The molecule has 3 rings (SSSR count). The molecule has 3 aromatic rings. The summed E-state index contributed by atoms with van der Waals surface area (Å²) in [6.45, 7) is 1.68. The van der Waals surface area contributed by atoms with Crippen molar-refractivity contribution in [2.45, 2.75) is 0 Å². The molecule has 0 spiro atoms. The number of nitrogens with zero attached hydrogens (tertiary/aromatic N) is 8. The number of anilines is 2. The highest BCUT2D eigenvalue weighted by Crippen LogP contribution is 2.22. The lowest BCUT2D eigenvalue weighted by Crippen LogP contribution is -2.03. The molecular formula is C22H28N10S2. The summed E-state index contributed by atoms with van der Waals surface area (Å²) in [5, 5.41) is 15.8. The molecule has 0 unspecified atom stereocenters. The van der Waals surface area contributed by atoms with Crippen LogP contribution < -0.4 is 10.7 Å². The van der Waals surface area contributed by atoms with Crippen molar-refractivity contribution in [3.8, 4) is 0 Å². The van der Waals surface area contributed by atoms with Crippen LogP contribution >= 0.6 is 21.6 Å². The summed E-state index contributed by atoms with van der Waals surface area (Å²) in [4.78, 5) is 12.6. The third-order valence-electron chi connectivity index (χ3n) is 4.27. The second kappa shape index (κ2) is 14.7. The molecule has 1 aromatic carbocycles. The van der Waals surface area contributed by atoms with E-state index in [9.17, 15) is 0 Å². The molecule has 0 amide bonds. The average Bonchev–Trinajstić information content (AvgIpc) is 3.46. The van der Waals surface area contributed by atoms with E-state index in [1.807, 2.05) is 93.6 Å². The van der Waals surface area contributed by atoms with Gasteiger partial charge < -0.3 is 14.5 Å². The van der Waals surface area contributed by atoms with Gasteiger partial charge in [-0.1, -0.05) is 21.6 Å². The number of imidazole rings is 2. The number of hydrogen-bond donors (Lipinski definition) is 2. The molecule has 0 aliphatic heterocycles. The minimum absolute atomic E-state index is 0.582. The van der Waals surface area contributed by atoms with E-state index >= 15 is 0 Å². The van der Waals surface area contributed by atoms with Crippen LogP contribution in [0.1, 0.15) is 0 Å². The molecule has 10 nitrogen and oxygen atoms in total. The Hall–Kier alpha value is -3.38. The van der Waals surface area contributed by atoms with E-state index in [4.69, 9.17) is 0 Å². The smallest absolute Gasteiger partial charge is 0.249 e. The number of benzene rings is 1. The highest BCUT2D eigenvalue weighted by Gasteiger charge is 1.97. The highest BCUT2D eigenvalue weighted by atomic mass is 33.1. The standard InChI is InChI=1S/C22H28N10S2/c1-31-15-11-25-21(31)29-27-10-4-3-9-23-13-17-33-34-18-14-24-19-5-7-20(8-6-19)28-30-22-26-12-16-32(22)2/h3-12,15-16,24H,13-14,17-18H2,1-2H3,(H,25,29). The van der Waals surface area contributed by atoms with Gasteiger partial charge in [0.05, 0.1) is 5.69 Å². The Morgan fingerprint density at radius 3 is 2.44 bits per heavy atom. The zero-order valence-corrected chi connectivity index (χ0v) is 20.8. The molecule has 2 N–H and O–H groups in total. The van der Waals surface area contributed by atoms with Crippen molar-refractivity contribution in [3.05, 3.63) is 61.2 Å². The number of nitrogens with one attached hydrogen (secondary N) is 2. The molecule has 0 fully saturated rings. The molecule has 0 saturated carbocycles. The lowest BCUT2D eigenvalue weighted by Gasteiger charge is -2.05. The van der Waals surface area contributed by atoms with E-state index < -0.39 is 0 Å². The van der Waals surface area contributed by atoms with Gasteiger partial charge in [-0.05, 0) is 36.4 Å². The van der Waals surface area contributed by atoms with Crippen molar-refractivity contribution in [2.75, 3.05) is 35.3 Å². The summed E-state index contributed by atoms with van der Waals surface area (Å²) in [5.74, 6) is 3.26. The molecule has 12 heteroatoms. The van der Waals surface area contributed by atoms with Gasteiger partial charge in [0.1, 0.15) is 0 Å². The van der Waals surface area contributed by atoms with Crippen molar-refractivity contribution in [3.63, 3.8) is 0 Å². The van der Waals surface area contributed by atoms with Gasteiger partial charge in [-0.15, -0.1) is 10.2 Å². The van der Waals surface area contributed by atoms with Crippen LogP contribution in [0.4, 0.5) is 23.3 Å². The van der Waals surface area contributed by atoms with Crippen LogP contribution in [0.5, 0.6) is 0 Å². The SMILES string of the molecule is Cn1ccnc1N=Nc1ccc(NCCSSCCN=CC=CC=NNc2nccn2C)cc1. The fraction of sp³-hybridized carbons (Fsp3) is 0.273. The van der Waals surface area contributed by atoms with Crippen molar-refractivity contribution < 1.29 is 0 Å². The first-order valence-electron chi connectivity index (χ1n) is 10.6. The molecule has 0 atom stereocenters. The maximum absolute atomic E-state index is 4.36. The number of allylic oxidation sites excluding steroid dienone is 2. The Morgan fingerprint density at radius 2 is 1.68 bits per heavy atom. The van der Waals surface area contributed by atoms with Crippen molar-refractivity contribution in [1.82, 2.24) is 19.1 Å². The first-order chi connectivity index (χ1) is 16.7. The van der Waals surface area contributed by atoms with Gasteiger partial charge in [0.2, 0.25) is 11.9 Å². The van der Waals surface area contributed by atoms with E-state index in [1.165, 1.54) is 0 Å². The van der Waals surface area contributed by atoms with E-state index in [0.717, 1.165) is 36.0 Å². The van der Waals surface area contributed by atoms with Crippen LogP contribution in [0.2, 0.25) is 0 Å². The van der Waals surface area contributed by atoms with Gasteiger partial charge in [0.15, 0.2) is 0 Å². The first-order valence-corrected chi connectivity index (χ1v) is 13.1. The summed E-state index contributed by atoms with van der Waals surface area (Å²) in [5.41, 5.74) is 4.72. The predicted molar refractivity (Wildman–Crippen MR) is 145 cm³/mol. The van der Waals surface area contributed by atoms with Crippen LogP contribution in [0.15, 0.2) is 81.5 Å². The zero-order valence-electron chi connectivity index (χ0n) is 19.2.